The molecule has 0 saturated carbocycles. The van der Waals surface area contributed by atoms with Crippen molar-refractivity contribution in [3.05, 3.63) is 90.0 Å². The first-order valence-electron chi connectivity index (χ1n) is 13.0. The number of amides is 1. The molecule has 204 valence electrons. The van der Waals surface area contributed by atoms with Gasteiger partial charge in [0.25, 0.3) is 0 Å². The molecule has 6 nitrogen and oxygen atoms in total. The number of methoxy groups -OCH3 is 1. The fourth-order valence-corrected chi connectivity index (χ4v) is 6.58. The van der Waals surface area contributed by atoms with E-state index in [9.17, 15) is 18.4 Å². The minimum absolute atomic E-state index is 0.0332. The lowest BCUT2D eigenvalue weighted by Gasteiger charge is -2.51. The van der Waals surface area contributed by atoms with Crippen LogP contribution in [-0.4, -0.2) is 55.1 Å². The molecule has 3 heterocycles. The summed E-state index contributed by atoms with van der Waals surface area (Å²) < 4.78 is 40.2. The highest BCUT2D eigenvalue weighted by atomic mass is 32.2. The van der Waals surface area contributed by atoms with Crippen LogP contribution in [0.4, 0.5) is 19.3 Å². The number of hydrogen-bond acceptors (Lipinski definition) is 5. The fourth-order valence-electron chi connectivity index (χ4n) is 5.59. The van der Waals surface area contributed by atoms with Crippen molar-refractivity contribution in [2.75, 3.05) is 38.2 Å². The normalized spacial score (nSPS) is 21.8. The molecule has 3 aliphatic rings. The lowest BCUT2D eigenvalue weighted by molar-refractivity contribution is -0.938. The van der Waals surface area contributed by atoms with Crippen molar-refractivity contribution in [1.82, 2.24) is 0 Å². The van der Waals surface area contributed by atoms with Crippen LogP contribution in [-0.2, 0) is 16.1 Å². The molecule has 0 aromatic heterocycles. The Hall–Kier alpha value is -3.43. The van der Waals surface area contributed by atoms with Gasteiger partial charge in [0.05, 0.1) is 37.3 Å². The molecule has 39 heavy (non-hydrogen) atoms. The predicted octanol–water partition coefficient (Wildman–Crippen LogP) is 6.04. The van der Waals surface area contributed by atoms with E-state index in [0.29, 0.717) is 28.9 Å². The van der Waals surface area contributed by atoms with Gasteiger partial charge in [0.15, 0.2) is 6.10 Å². The van der Waals surface area contributed by atoms with Gasteiger partial charge < -0.3 is 14.0 Å². The summed E-state index contributed by atoms with van der Waals surface area (Å²) >= 11 is 1.18. The van der Waals surface area contributed by atoms with Gasteiger partial charge in [0.2, 0.25) is 5.12 Å². The maximum Gasteiger partial charge on any atom is 0.415 e. The second-order valence-electron chi connectivity index (χ2n) is 10.2. The molecule has 0 radical (unpaired) electrons. The zero-order chi connectivity index (χ0) is 27.4. The van der Waals surface area contributed by atoms with Crippen LogP contribution < -0.4 is 9.64 Å². The lowest BCUT2D eigenvalue weighted by atomic mass is 9.83. The van der Waals surface area contributed by atoms with Crippen LogP contribution in [0.2, 0.25) is 0 Å². The highest BCUT2D eigenvalue weighted by Gasteiger charge is 2.49. The number of piperidine rings is 3. The average molecular weight is 554 g/mol. The van der Waals surface area contributed by atoms with E-state index in [1.54, 1.807) is 31.4 Å². The van der Waals surface area contributed by atoms with Crippen molar-refractivity contribution in [3.8, 4) is 5.75 Å². The second kappa shape index (κ2) is 11.8. The molecule has 6 rings (SSSR count). The number of anilines is 1. The van der Waals surface area contributed by atoms with E-state index < -0.39 is 17.7 Å². The number of nitrogens with zero attached hydrogens (tertiary/aromatic N) is 2. The van der Waals surface area contributed by atoms with Crippen LogP contribution in [0.1, 0.15) is 18.4 Å². The zero-order valence-corrected chi connectivity index (χ0v) is 22.5. The lowest BCUT2D eigenvalue weighted by Crippen LogP contribution is -2.65. The van der Waals surface area contributed by atoms with Gasteiger partial charge in [-0.15, -0.1) is 0 Å². The molecular formula is C30H31F2N2O4S+. The first kappa shape index (κ1) is 27.1. The van der Waals surface area contributed by atoms with E-state index in [4.69, 9.17) is 9.47 Å². The Bertz CT molecular complexity index is 1330. The van der Waals surface area contributed by atoms with Crippen molar-refractivity contribution < 1.29 is 32.3 Å². The van der Waals surface area contributed by atoms with Crippen molar-refractivity contribution in [3.63, 3.8) is 0 Å². The topological polar surface area (TPSA) is 55.8 Å². The molecule has 0 aliphatic carbocycles. The Morgan fingerprint density at radius 1 is 0.974 bits per heavy atom. The molecule has 1 amide bonds. The largest absolute Gasteiger partial charge is 0.496 e. The molecule has 9 heteroatoms. The van der Waals surface area contributed by atoms with Crippen LogP contribution in [0, 0.1) is 17.6 Å². The van der Waals surface area contributed by atoms with Crippen LogP contribution >= 0.6 is 11.8 Å². The molecular weight excluding hydrogens is 522 g/mol. The third-order valence-electron chi connectivity index (χ3n) is 7.67. The van der Waals surface area contributed by atoms with Crippen molar-refractivity contribution in [1.29, 1.82) is 0 Å². The number of benzene rings is 3. The number of thioether (sulfide) groups is 1. The average Bonchev–Trinajstić information content (AvgIpc) is 2.94. The summed E-state index contributed by atoms with van der Waals surface area (Å²) in [6.45, 7) is 2.60. The van der Waals surface area contributed by atoms with Crippen LogP contribution in [0.15, 0.2) is 77.7 Å². The van der Waals surface area contributed by atoms with E-state index in [0.717, 1.165) is 30.8 Å². The van der Waals surface area contributed by atoms with Gasteiger partial charge in [0.1, 0.15) is 30.5 Å². The quantitative estimate of drug-likeness (QED) is 0.251. The van der Waals surface area contributed by atoms with Gasteiger partial charge in [-0.2, -0.15) is 0 Å². The van der Waals surface area contributed by atoms with Crippen LogP contribution in [0.25, 0.3) is 0 Å². The molecule has 3 fully saturated rings. The number of carbonyl (C=O) groups is 2. The highest BCUT2D eigenvalue weighted by Crippen LogP contribution is 2.38. The molecule has 0 spiro atoms. The van der Waals surface area contributed by atoms with Gasteiger partial charge >= 0.3 is 6.09 Å². The minimum atomic E-state index is -0.656. The monoisotopic (exact) mass is 553 g/mol. The molecule has 0 unspecified atom stereocenters. The van der Waals surface area contributed by atoms with E-state index in [2.05, 4.69) is 0 Å². The molecule has 2 bridgehead atoms. The third-order valence-corrected chi connectivity index (χ3v) is 8.58. The summed E-state index contributed by atoms with van der Waals surface area (Å²) in [7, 11) is 1.58. The predicted molar refractivity (Wildman–Crippen MR) is 146 cm³/mol. The molecule has 3 aromatic rings. The molecule has 1 atom stereocenters. The number of rotatable bonds is 8. The Kier molecular flexibility index (Phi) is 8.18. The number of fused-ring (bicyclic) bond motifs is 3. The molecule has 3 aliphatic heterocycles. The van der Waals surface area contributed by atoms with E-state index in [1.165, 1.54) is 40.9 Å². The third kappa shape index (κ3) is 6.25. The Labute approximate surface area is 231 Å². The SMILES string of the molecule is COc1ccccc1SC(=O)C[N+]12CCC(CC1)[C@@H](OC(=O)N(Cc1ccc(F)cc1)c1ccccc1F)C2. The van der Waals surface area contributed by atoms with E-state index in [-0.39, 0.29) is 29.4 Å². The number of quaternary nitrogens is 1. The number of para-hydroxylation sites is 2. The Balaban J connectivity index is 1.30. The zero-order valence-electron chi connectivity index (χ0n) is 21.7. The number of ether oxygens (including phenoxy) is 2. The summed E-state index contributed by atoms with van der Waals surface area (Å²) in [5, 5.41) is 0.0363. The van der Waals surface area contributed by atoms with Gasteiger partial charge in [-0.25, -0.2) is 13.6 Å². The van der Waals surface area contributed by atoms with Crippen molar-refractivity contribution in [2.24, 2.45) is 5.92 Å². The fraction of sp³-hybridized carbons (Fsp3) is 0.333. The number of hydrogen-bond donors (Lipinski definition) is 0. The standard InChI is InChI=1S/C30H31F2N2O4S/c1-37-26-8-4-5-9-28(26)39-29(35)20-34-16-14-22(15-17-34)27(19-34)38-30(36)33(25-7-3-2-6-24(25)32)18-21-10-12-23(31)13-11-21/h2-13,22,27H,14-20H2,1H3/q+1/t22?,27-,34?/m0/s1. The Morgan fingerprint density at radius 2 is 1.67 bits per heavy atom. The highest BCUT2D eigenvalue weighted by molar-refractivity contribution is 8.13. The van der Waals surface area contributed by atoms with Gasteiger partial charge in [-0.3, -0.25) is 9.69 Å². The van der Waals surface area contributed by atoms with Crippen molar-refractivity contribution >= 4 is 28.7 Å². The van der Waals surface area contributed by atoms with Gasteiger partial charge in [-0.1, -0.05) is 36.4 Å². The first-order valence-corrected chi connectivity index (χ1v) is 13.8. The van der Waals surface area contributed by atoms with Gasteiger partial charge in [-0.05, 0) is 53.7 Å². The Morgan fingerprint density at radius 3 is 2.38 bits per heavy atom. The number of carbonyl (C=O) groups excluding carboxylic acids is 2. The maximum atomic E-state index is 14.8. The summed E-state index contributed by atoms with van der Waals surface area (Å²) in [6.07, 6.45) is 0.660. The van der Waals surface area contributed by atoms with E-state index >= 15 is 0 Å². The summed E-state index contributed by atoms with van der Waals surface area (Å²) in [5.74, 6) is -0.0833. The second-order valence-corrected chi connectivity index (χ2v) is 11.3. The summed E-state index contributed by atoms with van der Waals surface area (Å²) in [5.41, 5.74) is 0.744. The minimum Gasteiger partial charge on any atom is -0.496 e. The first-order chi connectivity index (χ1) is 18.9. The van der Waals surface area contributed by atoms with Gasteiger partial charge in [0, 0.05) is 18.8 Å². The van der Waals surface area contributed by atoms with Crippen LogP contribution in [0.5, 0.6) is 5.75 Å². The molecule has 0 N–H and O–H groups in total. The molecule has 3 aromatic carbocycles. The van der Waals surface area contributed by atoms with E-state index in [1.807, 2.05) is 24.3 Å². The number of halogens is 2. The van der Waals surface area contributed by atoms with Crippen molar-refractivity contribution in [2.45, 2.75) is 30.4 Å². The smallest absolute Gasteiger partial charge is 0.415 e. The maximum absolute atomic E-state index is 14.8. The van der Waals surface area contributed by atoms with Crippen LogP contribution in [0.3, 0.4) is 0 Å². The molecule has 3 saturated heterocycles. The summed E-state index contributed by atoms with van der Waals surface area (Å²) in [6, 6.07) is 19.2. The summed E-state index contributed by atoms with van der Waals surface area (Å²) in [4.78, 5) is 28.7.